The summed E-state index contributed by atoms with van der Waals surface area (Å²) in [5.41, 5.74) is 1.23. The predicted molar refractivity (Wildman–Crippen MR) is 98.6 cm³/mol. The number of rotatable bonds is 5. The van der Waals surface area contributed by atoms with Crippen LogP contribution in [0.15, 0.2) is 30.5 Å². The molecule has 2 heterocycles. The van der Waals surface area contributed by atoms with Crippen LogP contribution in [0.1, 0.15) is 13.3 Å². The first-order valence-corrected chi connectivity index (χ1v) is 8.74. The largest absolute Gasteiger partial charge is 0.345 e. The molecule has 140 valence electrons. The summed E-state index contributed by atoms with van der Waals surface area (Å²) in [4.78, 5) is 51.0. The molecule has 1 aromatic heterocycles. The fraction of sp³-hybridized carbons (Fsp3) is 0.250. The number of aromatic nitrogens is 1. The smallest absolute Gasteiger partial charge is 0.326 e. The van der Waals surface area contributed by atoms with Crippen molar-refractivity contribution >= 4 is 50.6 Å². The van der Waals surface area contributed by atoms with Crippen LogP contribution in [0.3, 0.4) is 0 Å². The van der Waals surface area contributed by atoms with E-state index in [1.807, 2.05) is 0 Å². The van der Waals surface area contributed by atoms with Crippen molar-refractivity contribution in [3.8, 4) is 0 Å². The van der Waals surface area contributed by atoms with Gasteiger partial charge in [-0.05, 0) is 35.6 Å². The van der Waals surface area contributed by atoms with Crippen LogP contribution >= 0.6 is 11.3 Å². The van der Waals surface area contributed by atoms with Crippen LogP contribution in [-0.4, -0.2) is 34.2 Å². The molecule has 0 saturated carbocycles. The Morgan fingerprint density at radius 3 is 2.59 bits per heavy atom. The summed E-state index contributed by atoms with van der Waals surface area (Å²) >= 11 is 0.757. The Kier molecular flexibility index (Phi) is 5.12. The van der Waals surface area contributed by atoms with Crippen LogP contribution in [-0.2, 0) is 14.4 Å². The van der Waals surface area contributed by atoms with Crippen molar-refractivity contribution in [1.29, 1.82) is 0 Å². The molecule has 10 nitrogen and oxygen atoms in total. The fourth-order valence-corrected chi connectivity index (χ4v) is 3.31. The topological polar surface area (TPSA) is 135 Å². The van der Waals surface area contributed by atoms with E-state index in [1.54, 1.807) is 24.3 Å². The van der Waals surface area contributed by atoms with Crippen molar-refractivity contribution in [3.05, 3.63) is 40.6 Å². The average Bonchev–Trinajstić information content (AvgIpc) is 3.22. The van der Waals surface area contributed by atoms with Gasteiger partial charge in [-0.25, -0.2) is 4.98 Å². The van der Waals surface area contributed by atoms with E-state index in [1.165, 1.54) is 11.8 Å². The van der Waals surface area contributed by atoms with Crippen molar-refractivity contribution in [3.63, 3.8) is 0 Å². The lowest BCUT2D eigenvalue weighted by Crippen LogP contribution is -2.28. The maximum atomic E-state index is 12.4. The number of hydrogen-bond acceptors (Lipinski definition) is 7. The molecule has 3 rings (SSSR count). The third-order valence-corrected chi connectivity index (χ3v) is 4.76. The summed E-state index contributed by atoms with van der Waals surface area (Å²) < 4.78 is 0. The van der Waals surface area contributed by atoms with Gasteiger partial charge in [-0.15, -0.1) is 0 Å². The summed E-state index contributed by atoms with van der Waals surface area (Å²) in [5.74, 6) is -1.40. The van der Waals surface area contributed by atoms with Crippen molar-refractivity contribution in [2.24, 2.45) is 5.92 Å². The SMILES string of the molecule is CC(=O)Nc1ccc(N2CC(C(=O)Nc3ncc([N+](=O)[O-])s3)CC2=O)cc1. The summed E-state index contributed by atoms with van der Waals surface area (Å²) in [5, 5.41) is 15.8. The van der Waals surface area contributed by atoms with Crippen molar-refractivity contribution < 1.29 is 19.3 Å². The van der Waals surface area contributed by atoms with Gasteiger partial charge in [0.2, 0.25) is 17.7 Å². The van der Waals surface area contributed by atoms with Crippen LogP contribution in [0.5, 0.6) is 0 Å². The first kappa shape index (κ1) is 18.5. The Morgan fingerprint density at radius 1 is 1.30 bits per heavy atom. The molecule has 0 radical (unpaired) electrons. The molecule has 11 heteroatoms. The number of carbonyl (C=O) groups is 3. The summed E-state index contributed by atoms with van der Waals surface area (Å²) in [6.07, 6.45) is 1.11. The number of hydrogen-bond donors (Lipinski definition) is 2. The Balaban J connectivity index is 1.64. The second-order valence-corrected chi connectivity index (χ2v) is 6.89. The van der Waals surface area contributed by atoms with Crippen LogP contribution in [0.4, 0.5) is 21.5 Å². The van der Waals surface area contributed by atoms with Gasteiger partial charge >= 0.3 is 5.00 Å². The van der Waals surface area contributed by atoms with Gasteiger partial charge in [0, 0.05) is 31.3 Å². The van der Waals surface area contributed by atoms with Gasteiger partial charge in [0.15, 0.2) is 5.13 Å². The predicted octanol–water partition coefficient (Wildman–Crippen LogP) is 2.00. The monoisotopic (exact) mass is 389 g/mol. The number of nitrogens with one attached hydrogen (secondary N) is 2. The van der Waals surface area contributed by atoms with Crippen LogP contribution < -0.4 is 15.5 Å². The lowest BCUT2D eigenvalue weighted by atomic mass is 10.1. The zero-order chi connectivity index (χ0) is 19.6. The minimum absolute atomic E-state index is 0.0345. The molecule has 2 aromatic rings. The molecule has 1 aromatic carbocycles. The van der Waals surface area contributed by atoms with Gasteiger partial charge in [-0.2, -0.15) is 0 Å². The second kappa shape index (κ2) is 7.50. The van der Waals surface area contributed by atoms with Gasteiger partial charge in [-0.3, -0.25) is 24.5 Å². The highest BCUT2D eigenvalue weighted by molar-refractivity contribution is 7.18. The number of amides is 3. The molecule has 1 atom stereocenters. The molecule has 0 spiro atoms. The highest BCUT2D eigenvalue weighted by Crippen LogP contribution is 2.29. The lowest BCUT2D eigenvalue weighted by molar-refractivity contribution is -0.380. The van der Waals surface area contributed by atoms with Gasteiger partial charge in [0.1, 0.15) is 6.20 Å². The van der Waals surface area contributed by atoms with Crippen LogP contribution in [0.2, 0.25) is 0 Å². The third kappa shape index (κ3) is 4.26. The standard InChI is InChI=1S/C16H15N5O5S/c1-9(22)18-11-2-4-12(5-3-11)20-8-10(6-13(20)23)15(24)19-16-17-7-14(27-16)21(25)26/h2-5,7,10H,6,8H2,1H3,(H,18,22)(H,17,19,24). The van der Waals surface area contributed by atoms with E-state index < -0.39 is 16.7 Å². The van der Waals surface area contributed by atoms with Gasteiger partial charge in [-0.1, -0.05) is 0 Å². The van der Waals surface area contributed by atoms with Gasteiger partial charge in [0.25, 0.3) is 0 Å². The van der Waals surface area contributed by atoms with Crippen LogP contribution in [0, 0.1) is 16.0 Å². The molecule has 0 aliphatic carbocycles. The summed E-state index contributed by atoms with van der Waals surface area (Å²) in [6.45, 7) is 1.59. The Morgan fingerprint density at radius 2 is 2.00 bits per heavy atom. The van der Waals surface area contributed by atoms with E-state index in [0.29, 0.717) is 11.4 Å². The number of thiazole rings is 1. The molecule has 3 amide bonds. The lowest BCUT2D eigenvalue weighted by Gasteiger charge is -2.17. The molecule has 0 bridgehead atoms. The molecule has 1 aliphatic heterocycles. The normalized spacial score (nSPS) is 16.3. The average molecular weight is 389 g/mol. The third-order valence-electron chi connectivity index (χ3n) is 3.90. The minimum Gasteiger partial charge on any atom is -0.326 e. The highest BCUT2D eigenvalue weighted by atomic mass is 32.1. The zero-order valence-electron chi connectivity index (χ0n) is 14.2. The van der Waals surface area contributed by atoms with Gasteiger partial charge < -0.3 is 15.5 Å². The molecular weight excluding hydrogens is 374 g/mol. The minimum atomic E-state index is -0.588. The molecule has 2 N–H and O–H groups in total. The van der Waals surface area contributed by atoms with Crippen molar-refractivity contribution in [2.75, 3.05) is 22.1 Å². The molecule has 1 fully saturated rings. The summed E-state index contributed by atoms with van der Waals surface area (Å²) in [7, 11) is 0. The fourth-order valence-electron chi connectivity index (χ4n) is 2.68. The van der Waals surface area contributed by atoms with E-state index in [-0.39, 0.29) is 34.9 Å². The number of anilines is 3. The quantitative estimate of drug-likeness (QED) is 0.593. The van der Waals surface area contributed by atoms with E-state index in [9.17, 15) is 24.5 Å². The molecule has 1 aliphatic rings. The molecular formula is C16H15N5O5S. The maximum absolute atomic E-state index is 12.4. The van der Waals surface area contributed by atoms with Crippen molar-refractivity contribution in [1.82, 2.24) is 4.98 Å². The first-order chi connectivity index (χ1) is 12.8. The number of carbonyl (C=O) groups excluding carboxylic acids is 3. The first-order valence-electron chi connectivity index (χ1n) is 7.92. The number of nitrogens with zero attached hydrogens (tertiary/aromatic N) is 3. The van der Waals surface area contributed by atoms with E-state index in [0.717, 1.165) is 17.5 Å². The molecule has 27 heavy (non-hydrogen) atoms. The number of benzene rings is 1. The van der Waals surface area contributed by atoms with E-state index >= 15 is 0 Å². The van der Waals surface area contributed by atoms with Crippen LogP contribution in [0.25, 0.3) is 0 Å². The van der Waals surface area contributed by atoms with Crippen molar-refractivity contribution in [2.45, 2.75) is 13.3 Å². The van der Waals surface area contributed by atoms with E-state index in [2.05, 4.69) is 15.6 Å². The summed E-state index contributed by atoms with van der Waals surface area (Å²) in [6, 6.07) is 6.72. The Hall–Kier alpha value is -3.34. The van der Waals surface area contributed by atoms with E-state index in [4.69, 9.17) is 0 Å². The maximum Gasteiger partial charge on any atom is 0.345 e. The second-order valence-electron chi connectivity index (χ2n) is 5.88. The zero-order valence-corrected chi connectivity index (χ0v) is 15.0. The van der Waals surface area contributed by atoms with Gasteiger partial charge in [0.05, 0.1) is 10.8 Å². The molecule has 1 saturated heterocycles. The molecule has 1 unspecified atom stereocenters. The number of nitro groups is 1. The Bertz CT molecular complexity index is 910. The highest BCUT2D eigenvalue weighted by Gasteiger charge is 2.35. The Labute approximate surface area is 157 Å².